The van der Waals surface area contributed by atoms with Gasteiger partial charge in [-0.3, -0.25) is 9.67 Å². The van der Waals surface area contributed by atoms with Crippen LogP contribution in [0.3, 0.4) is 0 Å². The first kappa shape index (κ1) is 17.7. The zero-order chi connectivity index (χ0) is 16.3. The lowest BCUT2D eigenvalue weighted by Gasteiger charge is -2.13. The summed E-state index contributed by atoms with van der Waals surface area (Å²) in [6.45, 7) is 7.02. The van der Waals surface area contributed by atoms with E-state index in [0.29, 0.717) is 6.10 Å². The lowest BCUT2D eigenvalue weighted by Crippen LogP contribution is -2.38. The molecule has 1 atom stereocenters. The van der Waals surface area contributed by atoms with Gasteiger partial charge >= 0.3 is 0 Å². The highest BCUT2D eigenvalue weighted by molar-refractivity contribution is 5.79. The summed E-state index contributed by atoms with van der Waals surface area (Å²) in [4.78, 5) is 4.22. The summed E-state index contributed by atoms with van der Waals surface area (Å²) in [7, 11) is 1.79. The molecule has 1 aromatic rings. The van der Waals surface area contributed by atoms with Crippen molar-refractivity contribution in [3.63, 3.8) is 0 Å². The van der Waals surface area contributed by atoms with Crippen molar-refractivity contribution in [3.05, 3.63) is 18.0 Å². The number of aryl methyl sites for hydroxylation is 2. The summed E-state index contributed by atoms with van der Waals surface area (Å²) in [5.41, 5.74) is 1.20. The van der Waals surface area contributed by atoms with E-state index in [1.165, 1.54) is 5.56 Å². The largest absolute Gasteiger partial charge is 0.379 e. The van der Waals surface area contributed by atoms with Crippen molar-refractivity contribution in [2.24, 2.45) is 4.99 Å². The van der Waals surface area contributed by atoms with E-state index in [1.807, 2.05) is 10.9 Å². The van der Waals surface area contributed by atoms with Gasteiger partial charge in [-0.05, 0) is 31.7 Å². The molecule has 1 aliphatic heterocycles. The average molecular weight is 323 g/mol. The Kier molecular flexibility index (Phi) is 7.89. The number of nitrogens with one attached hydrogen (secondary N) is 2. The molecule has 2 rings (SSSR count). The second-order valence-corrected chi connectivity index (χ2v) is 5.77. The first-order valence-corrected chi connectivity index (χ1v) is 8.41. The topological polar surface area (TPSA) is 72.7 Å². The van der Waals surface area contributed by atoms with Gasteiger partial charge in [0, 0.05) is 46.1 Å². The van der Waals surface area contributed by atoms with Crippen LogP contribution < -0.4 is 10.6 Å². The van der Waals surface area contributed by atoms with Gasteiger partial charge in [0.15, 0.2) is 5.96 Å². The number of aliphatic imine (C=N–C) groups is 1. The summed E-state index contributed by atoms with van der Waals surface area (Å²) < 4.78 is 13.0. The summed E-state index contributed by atoms with van der Waals surface area (Å²) in [6.07, 6.45) is 7.22. The van der Waals surface area contributed by atoms with Gasteiger partial charge in [-0.2, -0.15) is 5.10 Å². The van der Waals surface area contributed by atoms with Crippen molar-refractivity contribution >= 4 is 5.96 Å². The molecule has 1 fully saturated rings. The SMILES string of the molecule is CN=C(NCCCOC1CCOC1)NCCCn1cc(C)cn1. The summed E-state index contributed by atoms with van der Waals surface area (Å²) >= 11 is 0. The summed E-state index contributed by atoms with van der Waals surface area (Å²) in [6, 6.07) is 0. The Labute approximate surface area is 138 Å². The number of ether oxygens (including phenoxy) is 2. The lowest BCUT2D eigenvalue weighted by molar-refractivity contribution is 0.0420. The second-order valence-electron chi connectivity index (χ2n) is 5.77. The third-order valence-corrected chi connectivity index (χ3v) is 3.70. The maximum absolute atomic E-state index is 5.73. The molecule has 1 saturated heterocycles. The molecular weight excluding hydrogens is 294 g/mol. The third kappa shape index (κ3) is 7.00. The minimum Gasteiger partial charge on any atom is -0.379 e. The van der Waals surface area contributed by atoms with Gasteiger partial charge in [0.25, 0.3) is 0 Å². The van der Waals surface area contributed by atoms with Crippen molar-refractivity contribution in [3.8, 4) is 0 Å². The highest BCUT2D eigenvalue weighted by Gasteiger charge is 2.15. The Morgan fingerprint density at radius 1 is 1.43 bits per heavy atom. The molecule has 2 heterocycles. The van der Waals surface area contributed by atoms with Gasteiger partial charge in [-0.15, -0.1) is 0 Å². The summed E-state index contributed by atoms with van der Waals surface area (Å²) in [5.74, 6) is 0.839. The molecule has 0 bridgehead atoms. The van der Waals surface area contributed by atoms with Crippen LogP contribution in [0.4, 0.5) is 0 Å². The fourth-order valence-corrected chi connectivity index (χ4v) is 2.43. The normalized spacial score (nSPS) is 18.3. The predicted molar refractivity (Wildman–Crippen MR) is 90.7 cm³/mol. The van der Waals surface area contributed by atoms with Crippen LogP contribution in [0.5, 0.6) is 0 Å². The Morgan fingerprint density at radius 3 is 2.91 bits per heavy atom. The summed E-state index contributed by atoms with van der Waals surface area (Å²) in [5, 5.41) is 10.9. The molecule has 0 saturated carbocycles. The highest BCUT2D eigenvalue weighted by Crippen LogP contribution is 2.07. The Hall–Kier alpha value is -1.60. The van der Waals surface area contributed by atoms with E-state index in [2.05, 4.69) is 33.8 Å². The number of hydrogen-bond donors (Lipinski definition) is 2. The molecule has 23 heavy (non-hydrogen) atoms. The van der Waals surface area contributed by atoms with Crippen LogP contribution in [0.2, 0.25) is 0 Å². The van der Waals surface area contributed by atoms with Crippen molar-refractivity contribution in [2.75, 3.05) is 40.0 Å². The molecule has 7 nitrogen and oxygen atoms in total. The molecular formula is C16H29N5O2. The molecule has 130 valence electrons. The smallest absolute Gasteiger partial charge is 0.190 e. The molecule has 0 aromatic carbocycles. The number of nitrogens with zero attached hydrogens (tertiary/aromatic N) is 3. The van der Waals surface area contributed by atoms with Crippen LogP contribution in [-0.2, 0) is 16.0 Å². The average Bonchev–Trinajstić information content (AvgIpc) is 3.20. The van der Waals surface area contributed by atoms with E-state index in [1.54, 1.807) is 7.05 Å². The highest BCUT2D eigenvalue weighted by atomic mass is 16.5. The molecule has 0 radical (unpaired) electrons. The van der Waals surface area contributed by atoms with E-state index in [-0.39, 0.29) is 0 Å². The lowest BCUT2D eigenvalue weighted by atomic mass is 10.3. The number of rotatable bonds is 9. The maximum atomic E-state index is 5.73. The second kappa shape index (κ2) is 10.2. The predicted octanol–water partition coefficient (Wildman–Crippen LogP) is 0.942. The van der Waals surface area contributed by atoms with Crippen molar-refractivity contribution in [1.29, 1.82) is 0 Å². The van der Waals surface area contributed by atoms with Crippen molar-refractivity contribution in [1.82, 2.24) is 20.4 Å². The van der Waals surface area contributed by atoms with Gasteiger partial charge in [0.05, 0.1) is 18.9 Å². The van der Waals surface area contributed by atoms with Crippen molar-refractivity contribution in [2.45, 2.75) is 38.8 Å². The number of hydrogen-bond acceptors (Lipinski definition) is 4. The van der Waals surface area contributed by atoms with Crippen LogP contribution in [-0.4, -0.2) is 61.8 Å². The first-order chi connectivity index (χ1) is 11.3. The van der Waals surface area contributed by atoms with E-state index in [4.69, 9.17) is 9.47 Å². The first-order valence-electron chi connectivity index (χ1n) is 8.41. The van der Waals surface area contributed by atoms with Crippen LogP contribution in [0, 0.1) is 6.92 Å². The minimum atomic E-state index is 0.290. The molecule has 7 heteroatoms. The molecule has 0 aliphatic carbocycles. The molecule has 1 unspecified atom stereocenters. The number of aromatic nitrogens is 2. The van der Waals surface area contributed by atoms with E-state index in [9.17, 15) is 0 Å². The molecule has 0 spiro atoms. The van der Waals surface area contributed by atoms with E-state index < -0.39 is 0 Å². The van der Waals surface area contributed by atoms with Gasteiger partial charge in [0.2, 0.25) is 0 Å². The van der Waals surface area contributed by atoms with E-state index in [0.717, 1.165) is 64.7 Å². The van der Waals surface area contributed by atoms with Crippen LogP contribution in [0.1, 0.15) is 24.8 Å². The Balaban J connectivity index is 1.47. The Morgan fingerprint density at radius 2 is 2.26 bits per heavy atom. The zero-order valence-electron chi connectivity index (χ0n) is 14.3. The fraction of sp³-hybridized carbons (Fsp3) is 0.750. The van der Waals surface area contributed by atoms with Gasteiger partial charge in [-0.1, -0.05) is 0 Å². The standard InChI is InChI=1S/C16H29N5O2/c1-14-11-20-21(12-14)8-3-6-18-16(17-2)19-7-4-9-23-15-5-10-22-13-15/h11-12,15H,3-10,13H2,1-2H3,(H2,17,18,19). The van der Waals surface area contributed by atoms with Gasteiger partial charge in [0.1, 0.15) is 0 Å². The van der Waals surface area contributed by atoms with E-state index >= 15 is 0 Å². The van der Waals surface area contributed by atoms with Gasteiger partial charge in [-0.25, -0.2) is 0 Å². The monoisotopic (exact) mass is 323 g/mol. The molecule has 0 amide bonds. The number of guanidine groups is 1. The van der Waals surface area contributed by atoms with Crippen molar-refractivity contribution < 1.29 is 9.47 Å². The molecule has 1 aromatic heterocycles. The van der Waals surface area contributed by atoms with Crippen LogP contribution in [0.25, 0.3) is 0 Å². The van der Waals surface area contributed by atoms with Crippen LogP contribution >= 0.6 is 0 Å². The zero-order valence-corrected chi connectivity index (χ0v) is 14.3. The fourth-order valence-electron chi connectivity index (χ4n) is 2.43. The molecule has 2 N–H and O–H groups in total. The van der Waals surface area contributed by atoms with Gasteiger partial charge < -0.3 is 20.1 Å². The molecule has 1 aliphatic rings. The Bertz CT molecular complexity index is 469. The van der Waals surface area contributed by atoms with Crippen LogP contribution in [0.15, 0.2) is 17.4 Å². The quantitative estimate of drug-likeness (QED) is 0.402. The third-order valence-electron chi connectivity index (χ3n) is 3.70. The minimum absolute atomic E-state index is 0.290. The maximum Gasteiger partial charge on any atom is 0.190 e.